The summed E-state index contributed by atoms with van der Waals surface area (Å²) in [6.07, 6.45) is -2.85. The molecule has 21 heavy (non-hydrogen) atoms. The van der Waals surface area contributed by atoms with Gasteiger partial charge in [0, 0.05) is 11.1 Å². The number of nitrogens with two attached hydrogens (primary N) is 1. The van der Waals surface area contributed by atoms with Gasteiger partial charge in [0.25, 0.3) is 0 Å². The third-order valence-corrected chi connectivity index (χ3v) is 3.27. The van der Waals surface area contributed by atoms with Crippen LogP contribution in [0.2, 0.25) is 0 Å². The zero-order chi connectivity index (χ0) is 15.6. The number of aliphatic hydroxyl groups excluding tert-OH is 2. The van der Waals surface area contributed by atoms with E-state index in [9.17, 15) is 15.0 Å². The molecule has 1 saturated heterocycles. The number of rotatable bonds is 4. The number of aromatic nitrogens is 2. The van der Waals surface area contributed by atoms with Crippen LogP contribution in [-0.2, 0) is 4.74 Å². The van der Waals surface area contributed by atoms with Crippen LogP contribution in [0.15, 0.2) is 22.2 Å². The van der Waals surface area contributed by atoms with Gasteiger partial charge in [0.2, 0.25) is 0 Å². The van der Waals surface area contributed by atoms with E-state index in [0.29, 0.717) is 0 Å². The fourth-order valence-electron chi connectivity index (χ4n) is 2.20. The molecule has 0 aliphatic carbocycles. The highest BCUT2D eigenvalue weighted by Gasteiger charge is 2.55. The maximum absolute atomic E-state index is 11.8. The number of nitrogen functional groups attached to an aromatic ring is 1. The zero-order valence-corrected chi connectivity index (χ0v) is 10.8. The number of nitrogens with zero attached hydrogens (tertiary/aromatic N) is 5. The molecule has 2 rings (SSSR count). The Hall–Kier alpha value is -2.17. The van der Waals surface area contributed by atoms with Gasteiger partial charge < -0.3 is 25.8 Å². The van der Waals surface area contributed by atoms with E-state index in [0.717, 1.165) is 4.57 Å². The minimum absolute atomic E-state index is 0.0212. The molecule has 4 atom stereocenters. The van der Waals surface area contributed by atoms with Crippen molar-refractivity contribution in [2.24, 2.45) is 5.11 Å². The molecule has 0 bridgehead atoms. The van der Waals surface area contributed by atoms with Crippen molar-refractivity contribution in [2.75, 3.05) is 18.9 Å². The lowest BCUT2D eigenvalue weighted by molar-refractivity contribution is -0.104. The molecule has 0 aromatic carbocycles. The second kappa shape index (κ2) is 5.68. The lowest BCUT2D eigenvalue weighted by Crippen LogP contribution is -2.51. The van der Waals surface area contributed by atoms with Crippen molar-refractivity contribution in [3.05, 3.63) is 33.2 Å². The summed E-state index contributed by atoms with van der Waals surface area (Å²) >= 11 is 0. The number of aliphatic hydroxyl groups is 3. The molecular weight excluding hydrogens is 284 g/mol. The highest BCUT2D eigenvalue weighted by Crippen LogP contribution is 2.38. The molecule has 1 aliphatic rings. The van der Waals surface area contributed by atoms with E-state index in [-0.39, 0.29) is 5.82 Å². The monoisotopic (exact) mass is 298 g/mol. The van der Waals surface area contributed by atoms with Crippen molar-refractivity contribution in [2.45, 2.75) is 24.0 Å². The molecule has 1 aromatic heterocycles. The Balaban J connectivity index is 2.48. The van der Waals surface area contributed by atoms with Crippen LogP contribution in [0, 0.1) is 0 Å². The van der Waals surface area contributed by atoms with Gasteiger partial charge in [0.05, 0.1) is 13.2 Å². The van der Waals surface area contributed by atoms with Gasteiger partial charge in [0.15, 0.2) is 6.23 Å². The predicted octanol–water partition coefficient (Wildman–Crippen LogP) is -1.88. The Bertz CT molecular complexity index is 629. The van der Waals surface area contributed by atoms with E-state index in [1.165, 1.54) is 12.3 Å². The molecule has 5 N–H and O–H groups in total. The molecule has 0 radical (unpaired) electrons. The van der Waals surface area contributed by atoms with Crippen LogP contribution in [0.3, 0.4) is 0 Å². The van der Waals surface area contributed by atoms with Gasteiger partial charge in [-0.2, -0.15) is 4.98 Å². The maximum Gasteiger partial charge on any atom is 0.351 e. The highest BCUT2D eigenvalue weighted by molar-refractivity contribution is 5.24. The summed E-state index contributed by atoms with van der Waals surface area (Å²) in [6, 6.07) is 1.30. The quantitative estimate of drug-likeness (QED) is 0.285. The second-order valence-electron chi connectivity index (χ2n) is 4.58. The SMILES string of the molecule is [N-]=[N+]=NC[C@]1(O)C(O)[C@@H](CO)O[C@H]1n1ccc(N)nc1=O. The Morgan fingerprint density at radius 1 is 1.67 bits per heavy atom. The van der Waals surface area contributed by atoms with Crippen LogP contribution < -0.4 is 11.4 Å². The zero-order valence-electron chi connectivity index (χ0n) is 10.8. The summed E-state index contributed by atoms with van der Waals surface area (Å²) in [7, 11) is 0. The standard InChI is InChI=1S/C10H14N6O5/c11-6-1-2-16(9(19)14-6)8-10(20,4-13-15-12)7(18)5(3-17)21-8/h1-2,5,7-8,17-18,20H,3-4H2,(H2,11,14,19)/t5-,7?,8-,10+/m1/s1. The second-order valence-corrected chi connectivity index (χ2v) is 4.58. The number of anilines is 1. The minimum Gasteiger partial charge on any atom is -0.394 e. The molecule has 1 aliphatic heterocycles. The van der Waals surface area contributed by atoms with Crippen molar-refractivity contribution in [3.63, 3.8) is 0 Å². The third kappa shape index (κ3) is 2.55. The largest absolute Gasteiger partial charge is 0.394 e. The van der Waals surface area contributed by atoms with Crippen LogP contribution >= 0.6 is 0 Å². The van der Waals surface area contributed by atoms with Gasteiger partial charge in [-0.3, -0.25) is 4.57 Å². The van der Waals surface area contributed by atoms with Gasteiger partial charge in [0.1, 0.15) is 23.6 Å². The first kappa shape index (κ1) is 15.2. The number of azide groups is 1. The maximum atomic E-state index is 11.8. The van der Waals surface area contributed by atoms with Crippen LogP contribution in [0.4, 0.5) is 5.82 Å². The van der Waals surface area contributed by atoms with E-state index in [4.69, 9.17) is 21.1 Å². The summed E-state index contributed by atoms with van der Waals surface area (Å²) in [6.45, 7) is -1.14. The molecule has 0 spiro atoms. The summed E-state index contributed by atoms with van der Waals surface area (Å²) in [4.78, 5) is 17.8. The fourth-order valence-corrected chi connectivity index (χ4v) is 2.20. The van der Waals surface area contributed by atoms with Crippen molar-refractivity contribution in [1.29, 1.82) is 0 Å². The first-order valence-corrected chi connectivity index (χ1v) is 5.96. The van der Waals surface area contributed by atoms with Gasteiger partial charge >= 0.3 is 5.69 Å². The summed E-state index contributed by atoms with van der Waals surface area (Å²) in [5.41, 5.74) is 10.9. The minimum atomic E-state index is -2.08. The molecule has 0 amide bonds. The van der Waals surface area contributed by atoms with E-state index in [2.05, 4.69) is 15.0 Å². The highest BCUT2D eigenvalue weighted by atomic mass is 16.6. The molecule has 11 nitrogen and oxygen atoms in total. The molecule has 1 fully saturated rings. The van der Waals surface area contributed by atoms with Crippen molar-refractivity contribution in [3.8, 4) is 0 Å². The Labute approximate surface area is 117 Å². The van der Waals surface area contributed by atoms with Gasteiger partial charge in [-0.15, -0.1) is 0 Å². The van der Waals surface area contributed by atoms with E-state index < -0.39 is 42.9 Å². The van der Waals surface area contributed by atoms with Gasteiger partial charge in [-0.1, -0.05) is 5.11 Å². The van der Waals surface area contributed by atoms with Crippen molar-refractivity contribution >= 4 is 5.82 Å². The average molecular weight is 298 g/mol. The average Bonchev–Trinajstić information content (AvgIpc) is 2.70. The lowest BCUT2D eigenvalue weighted by Gasteiger charge is -2.30. The summed E-state index contributed by atoms with van der Waals surface area (Å²) in [5, 5.41) is 32.9. The van der Waals surface area contributed by atoms with E-state index in [1.54, 1.807) is 0 Å². The van der Waals surface area contributed by atoms with Gasteiger partial charge in [-0.25, -0.2) is 4.79 Å². The first-order valence-electron chi connectivity index (χ1n) is 5.96. The normalized spacial score (nSPS) is 31.9. The lowest BCUT2D eigenvalue weighted by atomic mass is 9.94. The number of ether oxygens (including phenoxy) is 1. The van der Waals surface area contributed by atoms with Crippen LogP contribution in [0.25, 0.3) is 10.4 Å². The number of hydrogen-bond acceptors (Lipinski definition) is 8. The Morgan fingerprint density at radius 2 is 2.38 bits per heavy atom. The summed E-state index contributed by atoms with van der Waals surface area (Å²) in [5.74, 6) is -0.0212. The van der Waals surface area contributed by atoms with Gasteiger partial charge in [-0.05, 0) is 11.6 Å². The van der Waals surface area contributed by atoms with Crippen LogP contribution in [-0.4, -0.2) is 55.8 Å². The molecule has 0 saturated carbocycles. The molecule has 1 aromatic rings. The summed E-state index contributed by atoms with van der Waals surface area (Å²) < 4.78 is 6.20. The first-order chi connectivity index (χ1) is 9.93. The van der Waals surface area contributed by atoms with E-state index in [1.807, 2.05) is 0 Å². The number of hydrogen-bond donors (Lipinski definition) is 4. The van der Waals surface area contributed by atoms with E-state index >= 15 is 0 Å². The predicted molar refractivity (Wildman–Crippen MR) is 68.9 cm³/mol. The van der Waals surface area contributed by atoms with Crippen molar-refractivity contribution < 1.29 is 20.1 Å². The Morgan fingerprint density at radius 3 is 2.95 bits per heavy atom. The Kier molecular flexibility index (Phi) is 4.11. The molecule has 2 heterocycles. The molecule has 114 valence electrons. The molecule has 1 unspecified atom stereocenters. The molecular formula is C10H14N6O5. The topological polar surface area (TPSA) is 180 Å². The molecule has 11 heteroatoms. The fraction of sp³-hybridized carbons (Fsp3) is 0.600. The van der Waals surface area contributed by atoms with Crippen LogP contribution in [0.5, 0.6) is 0 Å². The van der Waals surface area contributed by atoms with Crippen LogP contribution in [0.1, 0.15) is 6.23 Å². The van der Waals surface area contributed by atoms with Crippen molar-refractivity contribution in [1.82, 2.24) is 9.55 Å². The smallest absolute Gasteiger partial charge is 0.351 e. The third-order valence-electron chi connectivity index (χ3n) is 3.27.